The van der Waals surface area contributed by atoms with Crippen LogP contribution in [0.25, 0.3) is 0 Å². The first-order chi connectivity index (χ1) is 6.22. The van der Waals surface area contributed by atoms with Crippen LogP contribution in [0.2, 0.25) is 0 Å². The highest BCUT2D eigenvalue weighted by molar-refractivity contribution is 7.80. The molecule has 0 amide bonds. The Morgan fingerprint density at radius 3 is 2.69 bits per heavy atom. The zero-order valence-corrected chi connectivity index (χ0v) is 9.28. The normalized spacial score (nSPS) is 16.5. The Morgan fingerprint density at radius 2 is 2.23 bits per heavy atom. The zero-order chi connectivity index (χ0) is 9.68. The first kappa shape index (κ1) is 10.9. The summed E-state index contributed by atoms with van der Waals surface area (Å²) in [4.78, 5) is 3.16. The molecule has 1 aliphatic carbocycles. The Hall–Kier alpha value is -0.150. The summed E-state index contributed by atoms with van der Waals surface area (Å²) in [5.74, 6) is 0.991. The number of nitrogens with two attached hydrogens (primary N) is 1. The highest BCUT2D eigenvalue weighted by atomic mass is 32.1. The van der Waals surface area contributed by atoms with Crippen LogP contribution in [0.4, 0.5) is 0 Å². The van der Waals surface area contributed by atoms with E-state index in [9.17, 15) is 0 Å². The van der Waals surface area contributed by atoms with Crippen molar-refractivity contribution in [1.82, 2.24) is 4.90 Å². The molecule has 0 aromatic heterocycles. The number of nitrogens with zero attached hydrogens (tertiary/aromatic N) is 1. The molecule has 2 nitrogen and oxygen atoms in total. The van der Waals surface area contributed by atoms with E-state index >= 15 is 0 Å². The van der Waals surface area contributed by atoms with Gasteiger partial charge in [-0.15, -0.1) is 0 Å². The Morgan fingerprint density at radius 1 is 1.54 bits per heavy atom. The largest absolute Gasteiger partial charge is 0.393 e. The number of rotatable bonds is 7. The van der Waals surface area contributed by atoms with Gasteiger partial charge in [-0.3, -0.25) is 0 Å². The SMILES string of the molecule is CCN(CCCC(N)=S)CC1CC1. The highest BCUT2D eigenvalue weighted by Crippen LogP contribution is 2.29. The Kier molecular flexibility index (Phi) is 4.67. The highest BCUT2D eigenvalue weighted by Gasteiger charge is 2.23. The number of thiocarbonyl (C=S) groups is 1. The molecule has 1 saturated carbocycles. The van der Waals surface area contributed by atoms with Gasteiger partial charge in [0.05, 0.1) is 4.99 Å². The van der Waals surface area contributed by atoms with Gasteiger partial charge in [-0.25, -0.2) is 0 Å². The Labute approximate surface area is 86.5 Å². The number of hydrogen-bond donors (Lipinski definition) is 1. The summed E-state index contributed by atoms with van der Waals surface area (Å²) < 4.78 is 0. The minimum Gasteiger partial charge on any atom is -0.393 e. The van der Waals surface area contributed by atoms with E-state index in [0.29, 0.717) is 4.99 Å². The summed E-state index contributed by atoms with van der Waals surface area (Å²) in [6.45, 7) is 5.83. The summed E-state index contributed by atoms with van der Waals surface area (Å²) in [6.07, 6.45) is 4.89. The van der Waals surface area contributed by atoms with Crippen molar-refractivity contribution in [3.8, 4) is 0 Å². The van der Waals surface area contributed by atoms with Crippen LogP contribution in [0.3, 0.4) is 0 Å². The lowest BCUT2D eigenvalue weighted by atomic mass is 10.2. The minimum absolute atomic E-state index is 0.655. The van der Waals surface area contributed by atoms with Crippen LogP contribution >= 0.6 is 12.2 Å². The summed E-state index contributed by atoms with van der Waals surface area (Å²) in [6, 6.07) is 0. The molecule has 0 aromatic rings. The zero-order valence-electron chi connectivity index (χ0n) is 8.46. The molecule has 1 aliphatic rings. The molecule has 13 heavy (non-hydrogen) atoms. The van der Waals surface area contributed by atoms with E-state index in [-0.39, 0.29) is 0 Å². The molecule has 76 valence electrons. The van der Waals surface area contributed by atoms with Crippen LogP contribution < -0.4 is 5.73 Å². The topological polar surface area (TPSA) is 29.3 Å². The van der Waals surface area contributed by atoms with E-state index in [0.717, 1.165) is 31.8 Å². The summed E-state index contributed by atoms with van der Waals surface area (Å²) in [5.41, 5.74) is 5.45. The second-order valence-electron chi connectivity index (χ2n) is 3.91. The third-order valence-electron chi connectivity index (χ3n) is 2.56. The lowest BCUT2D eigenvalue weighted by Gasteiger charge is -2.19. The van der Waals surface area contributed by atoms with Crippen LogP contribution in [0.15, 0.2) is 0 Å². The average Bonchev–Trinajstić information content (AvgIpc) is 2.86. The van der Waals surface area contributed by atoms with Gasteiger partial charge in [-0.2, -0.15) is 0 Å². The molecule has 0 aromatic carbocycles. The molecule has 2 N–H and O–H groups in total. The van der Waals surface area contributed by atoms with Gasteiger partial charge in [0.2, 0.25) is 0 Å². The second-order valence-corrected chi connectivity index (χ2v) is 4.43. The average molecular weight is 200 g/mol. The Balaban J connectivity index is 2.04. The maximum Gasteiger partial charge on any atom is 0.0727 e. The summed E-state index contributed by atoms with van der Waals surface area (Å²) in [5, 5.41) is 0. The van der Waals surface area contributed by atoms with Crippen molar-refractivity contribution in [1.29, 1.82) is 0 Å². The monoisotopic (exact) mass is 200 g/mol. The van der Waals surface area contributed by atoms with Crippen LogP contribution in [-0.4, -0.2) is 29.5 Å². The molecular formula is C10H20N2S. The van der Waals surface area contributed by atoms with Crippen molar-refractivity contribution in [2.24, 2.45) is 11.7 Å². The van der Waals surface area contributed by atoms with Crippen molar-refractivity contribution >= 4 is 17.2 Å². The maximum atomic E-state index is 5.45. The molecule has 0 aliphatic heterocycles. The van der Waals surface area contributed by atoms with Gasteiger partial charge in [0.15, 0.2) is 0 Å². The predicted octanol–water partition coefficient (Wildman–Crippen LogP) is 1.78. The van der Waals surface area contributed by atoms with Crippen LogP contribution in [0, 0.1) is 5.92 Å². The predicted molar refractivity (Wildman–Crippen MR) is 60.9 cm³/mol. The van der Waals surface area contributed by atoms with Gasteiger partial charge in [-0.1, -0.05) is 19.1 Å². The fraction of sp³-hybridized carbons (Fsp3) is 0.900. The lowest BCUT2D eigenvalue weighted by molar-refractivity contribution is 0.275. The standard InChI is InChI=1S/C10H20N2S/c1-2-12(8-9-5-6-9)7-3-4-10(11)13/h9H,2-8H2,1H3,(H2,11,13). The van der Waals surface area contributed by atoms with Gasteiger partial charge in [-0.05, 0) is 44.7 Å². The van der Waals surface area contributed by atoms with Gasteiger partial charge in [0, 0.05) is 6.54 Å². The fourth-order valence-corrected chi connectivity index (χ4v) is 1.67. The quantitative estimate of drug-likeness (QED) is 0.635. The van der Waals surface area contributed by atoms with E-state index < -0.39 is 0 Å². The molecule has 1 rings (SSSR count). The molecule has 0 spiro atoms. The summed E-state index contributed by atoms with van der Waals surface area (Å²) in [7, 11) is 0. The van der Waals surface area contributed by atoms with Crippen molar-refractivity contribution in [2.45, 2.75) is 32.6 Å². The third kappa shape index (κ3) is 5.21. The van der Waals surface area contributed by atoms with Crippen molar-refractivity contribution < 1.29 is 0 Å². The molecular weight excluding hydrogens is 180 g/mol. The molecule has 3 heteroatoms. The molecule has 0 saturated heterocycles. The van der Waals surface area contributed by atoms with E-state index in [2.05, 4.69) is 11.8 Å². The molecule has 0 heterocycles. The van der Waals surface area contributed by atoms with Crippen molar-refractivity contribution in [3.63, 3.8) is 0 Å². The van der Waals surface area contributed by atoms with Crippen LogP contribution in [-0.2, 0) is 0 Å². The first-order valence-electron chi connectivity index (χ1n) is 5.23. The van der Waals surface area contributed by atoms with E-state index in [4.69, 9.17) is 18.0 Å². The van der Waals surface area contributed by atoms with Crippen LogP contribution in [0.1, 0.15) is 32.6 Å². The Bertz CT molecular complexity index is 166. The van der Waals surface area contributed by atoms with E-state index in [1.807, 2.05) is 0 Å². The molecule has 1 fully saturated rings. The van der Waals surface area contributed by atoms with Crippen molar-refractivity contribution in [2.75, 3.05) is 19.6 Å². The van der Waals surface area contributed by atoms with Gasteiger partial charge in [0.25, 0.3) is 0 Å². The maximum absolute atomic E-state index is 5.45. The molecule has 0 unspecified atom stereocenters. The van der Waals surface area contributed by atoms with Gasteiger partial charge in [0.1, 0.15) is 0 Å². The smallest absolute Gasteiger partial charge is 0.0727 e. The number of hydrogen-bond acceptors (Lipinski definition) is 2. The summed E-state index contributed by atoms with van der Waals surface area (Å²) >= 11 is 4.84. The van der Waals surface area contributed by atoms with E-state index in [1.165, 1.54) is 19.4 Å². The fourth-order valence-electron chi connectivity index (χ4n) is 1.52. The lowest BCUT2D eigenvalue weighted by Crippen LogP contribution is -2.27. The van der Waals surface area contributed by atoms with Crippen LogP contribution in [0.5, 0.6) is 0 Å². The molecule has 0 bridgehead atoms. The van der Waals surface area contributed by atoms with E-state index in [1.54, 1.807) is 0 Å². The molecule has 0 radical (unpaired) electrons. The first-order valence-corrected chi connectivity index (χ1v) is 5.64. The van der Waals surface area contributed by atoms with Gasteiger partial charge >= 0.3 is 0 Å². The second kappa shape index (κ2) is 5.55. The minimum atomic E-state index is 0.655. The molecule has 0 atom stereocenters. The van der Waals surface area contributed by atoms with Crippen molar-refractivity contribution in [3.05, 3.63) is 0 Å². The van der Waals surface area contributed by atoms with Gasteiger partial charge < -0.3 is 10.6 Å². The third-order valence-corrected chi connectivity index (χ3v) is 2.76.